The molecule has 1 atom stereocenters. The van der Waals surface area contributed by atoms with Crippen molar-refractivity contribution in [3.05, 3.63) is 24.3 Å². The molecular weight excluding hydrogens is 167 g/mol. The van der Waals surface area contributed by atoms with Crippen LogP contribution in [0.15, 0.2) is 18.3 Å². The summed E-state index contributed by atoms with van der Waals surface area (Å²) in [6.07, 6.45) is 2.59. The summed E-state index contributed by atoms with van der Waals surface area (Å²) < 4.78 is 12.6. The van der Waals surface area contributed by atoms with Gasteiger partial charge < -0.3 is 5.32 Å². The van der Waals surface area contributed by atoms with E-state index in [1.165, 1.54) is 12.3 Å². The maximum atomic E-state index is 12.6. The van der Waals surface area contributed by atoms with E-state index in [0.29, 0.717) is 5.92 Å². The summed E-state index contributed by atoms with van der Waals surface area (Å²) in [5.41, 5.74) is 0.799. The second-order valence-electron chi connectivity index (χ2n) is 3.26. The molecule has 1 N–H and O–H groups in total. The molecule has 0 amide bonds. The van der Waals surface area contributed by atoms with Gasteiger partial charge in [-0.3, -0.25) is 0 Å². The predicted molar refractivity (Wildman–Crippen MR) is 52.1 cm³/mol. The molecule has 0 aliphatic carbocycles. The van der Waals surface area contributed by atoms with Gasteiger partial charge in [0.25, 0.3) is 0 Å². The summed E-state index contributed by atoms with van der Waals surface area (Å²) in [5.74, 6) is 0.172. The van der Waals surface area contributed by atoms with E-state index in [1.807, 2.05) is 0 Å². The van der Waals surface area contributed by atoms with Gasteiger partial charge in [0.15, 0.2) is 0 Å². The molecule has 1 aromatic rings. The van der Waals surface area contributed by atoms with Crippen LogP contribution >= 0.6 is 0 Å². The van der Waals surface area contributed by atoms with E-state index in [4.69, 9.17) is 0 Å². The van der Waals surface area contributed by atoms with Crippen molar-refractivity contribution in [3.8, 4) is 0 Å². The summed E-state index contributed by atoms with van der Waals surface area (Å²) >= 11 is 0. The topological polar surface area (TPSA) is 24.9 Å². The van der Waals surface area contributed by atoms with Crippen LogP contribution in [0.25, 0.3) is 0 Å². The van der Waals surface area contributed by atoms with Crippen LogP contribution in [0.5, 0.6) is 0 Å². The maximum Gasteiger partial charge on any atom is 0.214 e. The molecule has 0 fully saturated rings. The van der Waals surface area contributed by atoms with Crippen LogP contribution < -0.4 is 5.32 Å². The number of nitrogens with one attached hydrogen (secondary N) is 1. The summed E-state index contributed by atoms with van der Waals surface area (Å²) in [5, 5.41) is 3.16. The van der Waals surface area contributed by atoms with Gasteiger partial charge in [0, 0.05) is 24.5 Å². The van der Waals surface area contributed by atoms with Crippen molar-refractivity contribution in [1.29, 1.82) is 0 Å². The molecule has 1 unspecified atom stereocenters. The van der Waals surface area contributed by atoms with Crippen LogP contribution in [0, 0.1) is 11.9 Å². The molecule has 13 heavy (non-hydrogen) atoms. The molecule has 1 aromatic heterocycles. The lowest BCUT2D eigenvalue weighted by Gasteiger charge is -2.10. The lowest BCUT2D eigenvalue weighted by molar-refractivity contribution is 0.580. The average molecular weight is 182 g/mol. The Kier molecular flexibility index (Phi) is 3.68. The van der Waals surface area contributed by atoms with E-state index in [-0.39, 0.29) is 0 Å². The molecule has 0 aliphatic heterocycles. The van der Waals surface area contributed by atoms with Gasteiger partial charge in [-0.1, -0.05) is 20.3 Å². The van der Waals surface area contributed by atoms with E-state index in [2.05, 4.69) is 24.1 Å². The fraction of sp³-hybridized carbons (Fsp3) is 0.500. The SMILES string of the molecule is CCC(C)CNc1ccnc(F)c1. The number of rotatable bonds is 4. The number of halogens is 1. The molecule has 72 valence electrons. The van der Waals surface area contributed by atoms with E-state index in [1.54, 1.807) is 6.07 Å². The first-order valence-electron chi connectivity index (χ1n) is 4.57. The highest BCUT2D eigenvalue weighted by molar-refractivity contribution is 5.41. The lowest BCUT2D eigenvalue weighted by atomic mass is 10.1. The van der Waals surface area contributed by atoms with E-state index in [0.717, 1.165) is 18.7 Å². The second-order valence-corrected chi connectivity index (χ2v) is 3.26. The highest BCUT2D eigenvalue weighted by Gasteiger charge is 1.99. The zero-order valence-electron chi connectivity index (χ0n) is 8.05. The van der Waals surface area contributed by atoms with Crippen LogP contribution in [-0.4, -0.2) is 11.5 Å². The summed E-state index contributed by atoms with van der Waals surface area (Å²) in [6.45, 7) is 5.17. The van der Waals surface area contributed by atoms with Gasteiger partial charge in [-0.05, 0) is 12.0 Å². The molecule has 0 saturated heterocycles. The number of nitrogens with zero attached hydrogens (tertiary/aromatic N) is 1. The fourth-order valence-corrected chi connectivity index (χ4v) is 0.949. The zero-order chi connectivity index (χ0) is 9.68. The molecule has 0 bridgehead atoms. The van der Waals surface area contributed by atoms with Crippen LogP contribution in [0.2, 0.25) is 0 Å². The molecule has 0 radical (unpaired) electrons. The molecule has 1 heterocycles. The Labute approximate surface area is 78.2 Å². The minimum absolute atomic E-state index is 0.436. The largest absolute Gasteiger partial charge is 0.385 e. The van der Waals surface area contributed by atoms with Crippen LogP contribution in [-0.2, 0) is 0 Å². The maximum absolute atomic E-state index is 12.6. The quantitative estimate of drug-likeness (QED) is 0.724. The Morgan fingerprint density at radius 3 is 3.00 bits per heavy atom. The molecule has 0 saturated carbocycles. The number of hydrogen-bond donors (Lipinski definition) is 1. The molecule has 3 heteroatoms. The highest BCUT2D eigenvalue weighted by Crippen LogP contribution is 2.08. The minimum Gasteiger partial charge on any atom is -0.385 e. The first-order valence-corrected chi connectivity index (χ1v) is 4.57. The third kappa shape index (κ3) is 3.40. The van der Waals surface area contributed by atoms with Crippen molar-refractivity contribution < 1.29 is 4.39 Å². The zero-order valence-corrected chi connectivity index (χ0v) is 8.05. The van der Waals surface area contributed by atoms with E-state index >= 15 is 0 Å². The molecule has 1 rings (SSSR count). The van der Waals surface area contributed by atoms with Crippen molar-refractivity contribution in [3.63, 3.8) is 0 Å². The van der Waals surface area contributed by atoms with Gasteiger partial charge >= 0.3 is 0 Å². The number of pyridine rings is 1. The van der Waals surface area contributed by atoms with Crippen LogP contribution in [0.3, 0.4) is 0 Å². The smallest absolute Gasteiger partial charge is 0.214 e. The number of anilines is 1. The summed E-state index contributed by atoms with van der Waals surface area (Å²) in [6, 6.07) is 3.17. The van der Waals surface area contributed by atoms with Crippen molar-refractivity contribution in [1.82, 2.24) is 4.98 Å². The van der Waals surface area contributed by atoms with Gasteiger partial charge in [0.2, 0.25) is 5.95 Å². The third-order valence-electron chi connectivity index (χ3n) is 2.08. The molecule has 2 nitrogen and oxygen atoms in total. The summed E-state index contributed by atoms with van der Waals surface area (Å²) in [4.78, 5) is 3.48. The fourth-order valence-electron chi connectivity index (χ4n) is 0.949. The number of aromatic nitrogens is 1. The first kappa shape index (κ1) is 9.96. The van der Waals surface area contributed by atoms with Gasteiger partial charge in [0.1, 0.15) is 0 Å². The van der Waals surface area contributed by atoms with E-state index in [9.17, 15) is 4.39 Å². The molecule has 0 aromatic carbocycles. The first-order chi connectivity index (χ1) is 6.22. The van der Waals surface area contributed by atoms with Gasteiger partial charge in [-0.2, -0.15) is 4.39 Å². The Hall–Kier alpha value is -1.12. The Morgan fingerprint density at radius 2 is 2.38 bits per heavy atom. The molecule has 0 spiro atoms. The Morgan fingerprint density at radius 1 is 1.62 bits per heavy atom. The van der Waals surface area contributed by atoms with Gasteiger partial charge in [-0.15, -0.1) is 0 Å². The van der Waals surface area contributed by atoms with Gasteiger partial charge in [0.05, 0.1) is 0 Å². The summed E-state index contributed by atoms with van der Waals surface area (Å²) in [7, 11) is 0. The number of hydrogen-bond acceptors (Lipinski definition) is 2. The second kappa shape index (κ2) is 4.80. The van der Waals surface area contributed by atoms with Crippen LogP contribution in [0.4, 0.5) is 10.1 Å². The average Bonchev–Trinajstić information content (AvgIpc) is 2.14. The third-order valence-corrected chi connectivity index (χ3v) is 2.08. The standard InChI is InChI=1S/C10H15FN2/c1-3-8(2)7-13-9-4-5-12-10(11)6-9/h4-6,8H,3,7H2,1-2H3,(H,12,13). The minimum atomic E-state index is -0.436. The van der Waals surface area contributed by atoms with Gasteiger partial charge in [-0.25, -0.2) is 4.98 Å². The monoisotopic (exact) mass is 182 g/mol. The predicted octanol–water partition coefficient (Wildman–Crippen LogP) is 2.68. The Bertz CT molecular complexity index is 263. The van der Waals surface area contributed by atoms with Crippen molar-refractivity contribution in [2.24, 2.45) is 5.92 Å². The Balaban J connectivity index is 2.45. The van der Waals surface area contributed by atoms with E-state index < -0.39 is 5.95 Å². The molecule has 0 aliphatic rings. The van der Waals surface area contributed by atoms with Crippen molar-refractivity contribution >= 4 is 5.69 Å². The highest BCUT2D eigenvalue weighted by atomic mass is 19.1. The normalized spacial score (nSPS) is 12.5. The lowest BCUT2D eigenvalue weighted by Crippen LogP contribution is -2.10. The van der Waals surface area contributed by atoms with Crippen molar-refractivity contribution in [2.45, 2.75) is 20.3 Å². The molecular formula is C10H15FN2. The van der Waals surface area contributed by atoms with Crippen molar-refractivity contribution in [2.75, 3.05) is 11.9 Å². The van der Waals surface area contributed by atoms with Crippen LogP contribution in [0.1, 0.15) is 20.3 Å².